The number of carboxylic acid groups (broad SMARTS) is 1. The van der Waals surface area contributed by atoms with Crippen molar-refractivity contribution in [2.24, 2.45) is 11.8 Å². The number of fused-ring (bicyclic) bond motifs is 1. The van der Waals surface area contributed by atoms with Gasteiger partial charge in [-0.1, -0.05) is 31.2 Å². The third kappa shape index (κ3) is 5.69. The SMILES string of the molecule is CC(C(=O)O)C(c1ccc2c(c1)OC1(CC2)CCN(C(C)c2cc(C3CC3)ccc2OC(F)(F)F)CC1)C1CC1. The Morgan fingerprint density at radius 1 is 1.05 bits per heavy atom. The molecule has 8 heteroatoms. The van der Waals surface area contributed by atoms with Gasteiger partial charge in [0.05, 0.1) is 5.92 Å². The number of piperidine rings is 1. The number of hydrogen-bond acceptors (Lipinski definition) is 4. The van der Waals surface area contributed by atoms with E-state index in [0.717, 1.165) is 86.9 Å². The van der Waals surface area contributed by atoms with Crippen LogP contribution in [0.2, 0.25) is 0 Å². The van der Waals surface area contributed by atoms with E-state index < -0.39 is 18.2 Å². The van der Waals surface area contributed by atoms with Crippen LogP contribution >= 0.6 is 0 Å². The van der Waals surface area contributed by atoms with Crippen LogP contribution in [0.15, 0.2) is 36.4 Å². The standard InChI is InChI=1S/C32H38F3NO4/c1-19(30(37)38)29(23-6-7-23)25-8-5-22-11-12-31(39-28(22)18-25)13-15-36(16-14-31)20(2)26-17-24(21-3-4-21)9-10-27(26)40-32(33,34)35/h5,8-10,17-21,23,29H,3-4,6-7,11-16H2,1-2H3,(H,37,38). The average Bonchev–Trinajstić information content (AvgIpc) is 3.83. The van der Waals surface area contributed by atoms with Crippen LogP contribution in [0.5, 0.6) is 11.5 Å². The second-order valence-corrected chi connectivity index (χ2v) is 12.5. The van der Waals surface area contributed by atoms with Crippen molar-refractivity contribution in [1.29, 1.82) is 0 Å². The van der Waals surface area contributed by atoms with Gasteiger partial charge < -0.3 is 14.6 Å². The smallest absolute Gasteiger partial charge is 0.487 e. The Morgan fingerprint density at radius 2 is 1.77 bits per heavy atom. The molecule has 5 nitrogen and oxygen atoms in total. The lowest BCUT2D eigenvalue weighted by Gasteiger charge is -2.46. The molecular formula is C32H38F3NO4. The average molecular weight is 558 g/mol. The van der Waals surface area contributed by atoms with Crippen LogP contribution in [0.3, 0.4) is 0 Å². The van der Waals surface area contributed by atoms with E-state index in [-0.39, 0.29) is 23.3 Å². The van der Waals surface area contributed by atoms with E-state index in [1.165, 1.54) is 6.07 Å². The fraction of sp³-hybridized carbons (Fsp3) is 0.594. The van der Waals surface area contributed by atoms with Crippen LogP contribution in [0, 0.1) is 11.8 Å². The number of hydrogen-bond donors (Lipinski definition) is 1. The molecule has 0 aromatic heterocycles. The summed E-state index contributed by atoms with van der Waals surface area (Å²) in [4.78, 5) is 14.1. The summed E-state index contributed by atoms with van der Waals surface area (Å²) in [6, 6.07) is 11.2. The van der Waals surface area contributed by atoms with E-state index in [1.54, 1.807) is 13.0 Å². The molecule has 0 bridgehead atoms. The maximum atomic E-state index is 13.2. The predicted octanol–water partition coefficient (Wildman–Crippen LogP) is 7.60. The first-order valence-electron chi connectivity index (χ1n) is 14.7. The van der Waals surface area contributed by atoms with Crippen molar-refractivity contribution >= 4 is 5.97 Å². The zero-order valence-corrected chi connectivity index (χ0v) is 23.2. The topological polar surface area (TPSA) is 59.0 Å². The van der Waals surface area contributed by atoms with Crippen molar-refractivity contribution in [2.75, 3.05) is 13.1 Å². The van der Waals surface area contributed by atoms with Gasteiger partial charge in [-0.2, -0.15) is 0 Å². The van der Waals surface area contributed by atoms with Gasteiger partial charge in [-0.3, -0.25) is 9.69 Å². The zero-order valence-electron chi connectivity index (χ0n) is 23.2. The van der Waals surface area contributed by atoms with Gasteiger partial charge in [-0.15, -0.1) is 13.2 Å². The number of benzene rings is 2. The molecule has 2 aromatic carbocycles. The number of likely N-dealkylation sites (tertiary alicyclic amines) is 1. The van der Waals surface area contributed by atoms with E-state index in [0.29, 0.717) is 17.4 Å². The Kier molecular flexibility index (Phi) is 7.04. The second-order valence-electron chi connectivity index (χ2n) is 12.5. The van der Waals surface area contributed by atoms with Crippen LogP contribution in [-0.4, -0.2) is 41.0 Å². The summed E-state index contributed by atoms with van der Waals surface area (Å²) in [6.07, 6.45) is 2.94. The number of carboxylic acids is 1. The molecule has 2 aliphatic heterocycles. The molecule has 6 rings (SSSR count). The van der Waals surface area contributed by atoms with Gasteiger partial charge in [0.1, 0.15) is 17.1 Å². The second kappa shape index (κ2) is 10.3. The molecule has 1 spiro atoms. The molecule has 1 saturated heterocycles. The first-order valence-corrected chi connectivity index (χ1v) is 14.7. The maximum Gasteiger partial charge on any atom is 0.573 e. The molecule has 2 heterocycles. The molecule has 2 aromatic rings. The van der Waals surface area contributed by atoms with Gasteiger partial charge in [0.15, 0.2) is 0 Å². The molecule has 0 amide bonds. The van der Waals surface area contributed by atoms with Gasteiger partial charge in [-0.05, 0) is 105 Å². The number of halogens is 3. The van der Waals surface area contributed by atoms with E-state index in [4.69, 9.17) is 4.74 Å². The van der Waals surface area contributed by atoms with Crippen LogP contribution < -0.4 is 9.47 Å². The molecule has 2 saturated carbocycles. The number of aliphatic carboxylic acids is 1. The number of rotatable bonds is 8. The summed E-state index contributed by atoms with van der Waals surface area (Å²) in [5.74, 6) is 0.390. The zero-order chi connectivity index (χ0) is 28.2. The summed E-state index contributed by atoms with van der Waals surface area (Å²) < 4.78 is 50.7. The van der Waals surface area contributed by atoms with Crippen molar-refractivity contribution in [3.8, 4) is 11.5 Å². The van der Waals surface area contributed by atoms with Crippen molar-refractivity contribution in [3.05, 3.63) is 58.7 Å². The molecule has 4 aliphatic rings. The summed E-state index contributed by atoms with van der Waals surface area (Å²) >= 11 is 0. The molecule has 40 heavy (non-hydrogen) atoms. The van der Waals surface area contributed by atoms with E-state index in [2.05, 4.69) is 27.8 Å². The third-order valence-electron chi connectivity index (χ3n) is 9.73. The lowest BCUT2D eigenvalue weighted by Crippen LogP contribution is -2.50. The first-order chi connectivity index (χ1) is 19.0. The fourth-order valence-corrected chi connectivity index (χ4v) is 6.95. The van der Waals surface area contributed by atoms with E-state index >= 15 is 0 Å². The number of nitrogens with zero attached hydrogens (tertiary/aromatic N) is 1. The Bertz CT molecular complexity index is 1260. The van der Waals surface area contributed by atoms with Gasteiger partial charge in [0.25, 0.3) is 0 Å². The van der Waals surface area contributed by atoms with E-state index in [9.17, 15) is 23.1 Å². The first kappa shape index (κ1) is 27.4. The molecule has 216 valence electrons. The summed E-state index contributed by atoms with van der Waals surface area (Å²) in [5, 5.41) is 9.70. The highest BCUT2D eigenvalue weighted by Gasteiger charge is 2.43. The van der Waals surface area contributed by atoms with Crippen molar-refractivity contribution in [1.82, 2.24) is 4.90 Å². The lowest BCUT2D eigenvalue weighted by molar-refractivity contribution is -0.275. The van der Waals surface area contributed by atoms with Crippen LogP contribution in [0.25, 0.3) is 0 Å². The predicted molar refractivity (Wildman–Crippen MR) is 145 cm³/mol. The van der Waals surface area contributed by atoms with Crippen molar-refractivity contribution in [3.63, 3.8) is 0 Å². The number of ether oxygens (including phenoxy) is 2. The van der Waals surface area contributed by atoms with Crippen LogP contribution in [0.1, 0.15) is 98.9 Å². The van der Waals surface area contributed by atoms with E-state index in [1.807, 2.05) is 13.0 Å². The highest BCUT2D eigenvalue weighted by Crippen LogP contribution is 2.49. The quantitative estimate of drug-likeness (QED) is 0.362. The normalized spacial score (nSPS) is 23.1. The van der Waals surface area contributed by atoms with Crippen LogP contribution in [-0.2, 0) is 11.2 Å². The third-order valence-corrected chi connectivity index (χ3v) is 9.73. The molecule has 3 atom stereocenters. The minimum absolute atomic E-state index is 0.00788. The highest BCUT2D eigenvalue weighted by molar-refractivity contribution is 5.71. The summed E-state index contributed by atoms with van der Waals surface area (Å²) in [5.41, 5.74) is 3.59. The van der Waals surface area contributed by atoms with Gasteiger partial charge >= 0.3 is 12.3 Å². The summed E-state index contributed by atoms with van der Waals surface area (Å²) in [6.45, 7) is 5.21. The largest absolute Gasteiger partial charge is 0.573 e. The van der Waals surface area contributed by atoms with Gasteiger partial charge in [0.2, 0.25) is 0 Å². The van der Waals surface area contributed by atoms with Crippen molar-refractivity contribution < 1.29 is 32.5 Å². The Balaban J connectivity index is 1.17. The molecule has 1 N–H and O–H groups in total. The Hall–Kier alpha value is -2.74. The minimum atomic E-state index is -4.73. The molecule has 3 unspecified atom stereocenters. The van der Waals surface area contributed by atoms with Crippen molar-refractivity contribution in [2.45, 2.75) is 95.1 Å². The minimum Gasteiger partial charge on any atom is -0.487 e. The lowest BCUT2D eigenvalue weighted by atomic mass is 9.80. The molecule has 2 aliphatic carbocycles. The van der Waals surface area contributed by atoms with Gasteiger partial charge in [-0.25, -0.2) is 0 Å². The molecule has 3 fully saturated rings. The monoisotopic (exact) mass is 557 g/mol. The Morgan fingerprint density at radius 3 is 2.40 bits per heavy atom. The highest BCUT2D eigenvalue weighted by atomic mass is 19.4. The molecular weight excluding hydrogens is 519 g/mol. The van der Waals surface area contributed by atoms with Gasteiger partial charge in [0, 0.05) is 24.7 Å². The fourth-order valence-electron chi connectivity index (χ4n) is 6.95. The number of aryl methyl sites for hydroxylation is 1. The number of carbonyl (C=O) groups is 1. The summed E-state index contributed by atoms with van der Waals surface area (Å²) in [7, 11) is 0. The molecule has 0 radical (unpaired) electrons. The maximum absolute atomic E-state index is 13.2. The van der Waals surface area contributed by atoms with Crippen LogP contribution in [0.4, 0.5) is 13.2 Å². The Labute approximate surface area is 233 Å². The number of alkyl halides is 3.